The molecule has 0 saturated carbocycles. The Balaban J connectivity index is 1.23. The maximum atomic E-state index is 12.9. The molecule has 1 aromatic heterocycles. The number of hydrogen-bond donors (Lipinski definition) is 1. The Bertz CT molecular complexity index is 1630. The van der Waals surface area contributed by atoms with Gasteiger partial charge in [-0.2, -0.15) is 0 Å². The number of benzene rings is 1. The first-order valence-electron chi connectivity index (χ1n) is 9.89. The van der Waals surface area contributed by atoms with Crippen LogP contribution in [0.3, 0.4) is 0 Å². The van der Waals surface area contributed by atoms with E-state index in [0.717, 1.165) is 21.1 Å². The molecule has 1 amide bonds. The van der Waals surface area contributed by atoms with Crippen LogP contribution in [0.15, 0.2) is 33.5 Å². The number of carbonyl (C=O) groups is 1. The minimum atomic E-state index is -3.33. The molecule has 11 heterocycles. The average Bonchev–Trinajstić information content (AvgIpc) is 3.53. The van der Waals surface area contributed by atoms with Crippen molar-refractivity contribution in [1.29, 1.82) is 0 Å². The molecule has 0 radical (unpaired) electrons. The predicted octanol–water partition coefficient (Wildman–Crippen LogP) is 4.55. The minimum absolute atomic E-state index is 0.0979. The van der Waals surface area contributed by atoms with E-state index in [-0.39, 0.29) is 11.3 Å². The van der Waals surface area contributed by atoms with Crippen molar-refractivity contribution in [3.63, 3.8) is 0 Å². The zero-order valence-corrected chi connectivity index (χ0v) is 15.2. The maximum absolute atomic E-state index is 12.9. The second kappa shape index (κ2) is 1.17. The van der Waals surface area contributed by atoms with Gasteiger partial charge >= 0.3 is 138 Å². The summed E-state index contributed by atoms with van der Waals surface area (Å²) in [6.45, 7) is -1.82. The van der Waals surface area contributed by atoms with Gasteiger partial charge in [0.1, 0.15) is 0 Å². The third-order valence-electron chi connectivity index (χ3n) is 17.1. The van der Waals surface area contributed by atoms with Gasteiger partial charge < -0.3 is 0 Å². The number of nitrogens with one attached hydrogen (secondary N) is 1. The zero-order valence-electron chi connectivity index (χ0n) is 14.1. The van der Waals surface area contributed by atoms with Crippen LogP contribution in [-0.2, 0) is 15.6 Å². The molecule has 4 nitrogen and oxygen atoms in total. The summed E-state index contributed by atoms with van der Waals surface area (Å²) in [4.78, 5) is 35.0. The number of amides is 1. The second-order valence-electron chi connectivity index (χ2n) is 13.0. The van der Waals surface area contributed by atoms with Crippen LogP contribution < -0.4 is 10.7 Å². The van der Waals surface area contributed by atoms with Crippen molar-refractivity contribution >= 4 is 22.6 Å². The zero-order chi connectivity index (χ0) is 16.7. The molecule has 1 spiro atoms. The Labute approximate surface area is 138 Å². The second-order valence-corrected chi connectivity index (χ2v) is 36.6. The van der Waals surface area contributed by atoms with Crippen molar-refractivity contribution in [2.75, 3.05) is 5.32 Å². The monoisotopic (exact) mass is 387 g/mol. The van der Waals surface area contributed by atoms with E-state index >= 15 is 0 Å². The van der Waals surface area contributed by atoms with E-state index in [4.69, 9.17) is 4.42 Å². The molecule has 10 aliphatic heterocycles. The molecule has 10 fully saturated rings. The van der Waals surface area contributed by atoms with Crippen molar-refractivity contribution in [3.8, 4) is 0 Å². The van der Waals surface area contributed by atoms with E-state index in [1.807, 2.05) is 12.1 Å². The standard InChI is InChI=1S/C16H12NO3.C5H5.Fe/c1-10(18)17-12-6-7-13-14(19)9-15(20-16(13)8-12)11-4-2-3-5-11;1-2-4-5-3-1;/h2-9H,1H3,(H,17,18);1-5H;. The Morgan fingerprint density at radius 3 is 2.19 bits per heavy atom. The summed E-state index contributed by atoms with van der Waals surface area (Å²) in [5.41, 5.74) is 1.51. The molecule has 5 heteroatoms. The summed E-state index contributed by atoms with van der Waals surface area (Å²) >= 11 is 0. The molecular weight excluding hydrogens is 370 g/mol. The fourth-order valence-electron chi connectivity index (χ4n) is 18.5. The molecule has 0 aliphatic carbocycles. The van der Waals surface area contributed by atoms with Gasteiger partial charge in [-0.1, -0.05) is 0 Å². The van der Waals surface area contributed by atoms with Gasteiger partial charge in [0.05, 0.1) is 0 Å². The number of anilines is 1. The molecule has 4 unspecified atom stereocenters. The summed E-state index contributed by atoms with van der Waals surface area (Å²) in [5, 5.41) is 3.47. The Morgan fingerprint density at radius 1 is 1.04 bits per heavy atom. The van der Waals surface area contributed by atoms with Crippen molar-refractivity contribution in [2.45, 2.75) is 54.6 Å². The Hall–Kier alpha value is -1.58. The topological polar surface area (TPSA) is 59.3 Å². The quantitative estimate of drug-likeness (QED) is 0.770. The fourth-order valence-corrected chi connectivity index (χ4v) is 92.4. The average molecular weight is 387 g/mol. The summed E-state index contributed by atoms with van der Waals surface area (Å²) < 4.78 is 7.03. The molecule has 132 valence electrons. The van der Waals surface area contributed by atoms with E-state index < -0.39 is 6.51 Å². The van der Waals surface area contributed by atoms with Gasteiger partial charge in [0.25, 0.3) is 0 Å². The normalized spacial score (nSPS) is 81.8. The van der Waals surface area contributed by atoms with Crippen LogP contribution >= 0.6 is 0 Å². The van der Waals surface area contributed by atoms with Gasteiger partial charge in [-0.05, 0) is 0 Å². The Kier molecular flexibility index (Phi) is 0.479. The summed E-state index contributed by atoms with van der Waals surface area (Å²) in [5.74, 6) is 1.01. The van der Waals surface area contributed by atoms with Crippen LogP contribution in [0.1, 0.15) is 12.7 Å². The number of fused-ring (bicyclic) bond motifs is 11. The fraction of sp³-hybridized carbons (Fsp3) is 0.524. The number of carbonyl (C=O) groups excluding carboxylic acids is 1. The Morgan fingerprint density at radius 2 is 1.69 bits per heavy atom. The van der Waals surface area contributed by atoms with Crippen molar-refractivity contribution in [2.24, 2.45) is 0 Å². The molecule has 1 N–H and O–H groups in total. The van der Waals surface area contributed by atoms with Gasteiger partial charge in [-0.15, -0.1) is 0 Å². The van der Waals surface area contributed by atoms with E-state index in [1.54, 1.807) is 12.1 Å². The van der Waals surface area contributed by atoms with Crippen LogP contribution in [0.5, 0.6) is 0 Å². The van der Waals surface area contributed by atoms with Gasteiger partial charge in [-0.25, -0.2) is 0 Å². The first kappa shape index (κ1) is 10.7. The van der Waals surface area contributed by atoms with Crippen LogP contribution in [-0.4, -0.2) is 5.91 Å². The third-order valence-corrected chi connectivity index (χ3v) is 59.4. The number of hydrogen-bond acceptors (Lipinski definition) is 3. The van der Waals surface area contributed by atoms with Gasteiger partial charge in [0.15, 0.2) is 0 Å². The van der Waals surface area contributed by atoms with Crippen molar-refractivity contribution < 1.29 is 15.7 Å². The van der Waals surface area contributed by atoms with Crippen molar-refractivity contribution in [1.82, 2.24) is 0 Å². The predicted molar refractivity (Wildman–Crippen MR) is 92.2 cm³/mol. The van der Waals surface area contributed by atoms with E-state index in [9.17, 15) is 9.59 Å². The molecule has 26 heavy (non-hydrogen) atoms. The molecule has 10 aliphatic rings. The van der Waals surface area contributed by atoms with Gasteiger partial charge in [0.2, 0.25) is 0 Å². The first-order chi connectivity index (χ1) is 12.3. The first-order valence-corrected chi connectivity index (χ1v) is 16.2. The molecule has 2 aromatic rings. The molecule has 10 saturated heterocycles. The van der Waals surface area contributed by atoms with Crippen LogP contribution in [0.25, 0.3) is 11.0 Å². The molecular formula is C21H17FeNO3. The summed E-state index contributed by atoms with van der Waals surface area (Å²) in [6.07, 6.45) is 0. The van der Waals surface area contributed by atoms with E-state index in [1.165, 1.54) is 40.6 Å². The third kappa shape index (κ3) is 0.169. The number of rotatable bonds is 2. The summed E-state index contributed by atoms with van der Waals surface area (Å²) in [7, 11) is 0. The molecule has 4 atom stereocenters. The van der Waals surface area contributed by atoms with Gasteiger partial charge in [-0.3, -0.25) is 0 Å². The van der Waals surface area contributed by atoms with Gasteiger partial charge in [0, 0.05) is 0 Å². The van der Waals surface area contributed by atoms with E-state index in [0.29, 0.717) is 15.3 Å². The molecule has 1 aromatic carbocycles. The molecule has 0 bridgehead atoms. The van der Waals surface area contributed by atoms with E-state index in [2.05, 4.69) is 5.32 Å². The van der Waals surface area contributed by atoms with Crippen LogP contribution in [0, 0.1) is 0 Å². The van der Waals surface area contributed by atoms with Crippen LogP contribution in [0.2, 0.25) is 43.3 Å². The van der Waals surface area contributed by atoms with Crippen LogP contribution in [0.4, 0.5) is 5.69 Å². The summed E-state index contributed by atoms with van der Waals surface area (Å²) in [6, 6.07) is 7.36. The SMILES string of the molecule is CC(=O)Nc1ccc2c(=O)cc([C]34[CH]5[CH]6[CH]7[CH]3[Fe]6754389%10[CH]4[CH]3[CH]8[CH]9[CH]4%10)oc2c1. The molecule has 12 rings (SSSR count). The van der Waals surface area contributed by atoms with Crippen molar-refractivity contribution in [3.05, 3.63) is 40.2 Å².